The first-order valence-electron chi connectivity index (χ1n) is 12.5. The zero-order chi connectivity index (χ0) is 25.0. The van der Waals surface area contributed by atoms with Crippen molar-refractivity contribution >= 4 is 29.2 Å². The maximum Gasteiger partial charge on any atom is 0.411 e. The third-order valence-electron chi connectivity index (χ3n) is 7.14. The fourth-order valence-electron chi connectivity index (χ4n) is 5.34. The van der Waals surface area contributed by atoms with Crippen LogP contribution in [0.15, 0.2) is 35.7 Å². The third-order valence-corrected chi connectivity index (χ3v) is 8.03. The van der Waals surface area contributed by atoms with E-state index in [2.05, 4.69) is 17.1 Å². The summed E-state index contributed by atoms with van der Waals surface area (Å²) in [7, 11) is 0. The van der Waals surface area contributed by atoms with Gasteiger partial charge in [0.25, 0.3) is 0 Å². The Bertz CT molecular complexity index is 1040. The van der Waals surface area contributed by atoms with Gasteiger partial charge in [-0.15, -0.1) is 11.3 Å². The number of esters is 1. The van der Waals surface area contributed by atoms with Crippen LogP contribution in [0.5, 0.6) is 0 Å². The van der Waals surface area contributed by atoms with Gasteiger partial charge < -0.3 is 9.47 Å². The molecule has 4 rings (SSSR count). The Labute approximate surface area is 210 Å². The molecule has 2 aliphatic rings. The highest BCUT2D eigenvalue weighted by atomic mass is 32.1. The van der Waals surface area contributed by atoms with Gasteiger partial charge >= 0.3 is 12.1 Å². The summed E-state index contributed by atoms with van der Waals surface area (Å²) < 4.78 is 10.9. The number of nitrogens with zero attached hydrogens (tertiary/aromatic N) is 2. The van der Waals surface area contributed by atoms with E-state index >= 15 is 0 Å². The monoisotopic (exact) mass is 498 g/mol. The van der Waals surface area contributed by atoms with Gasteiger partial charge in [0.1, 0.15) is 5.60 Å². The van der Waals surface area contributed by atoms with Crippen LogP contribution in [0.3, 0.4) is 0 Å². The molecule has 188 valence electrons. The van der Waals surface area contributed by atoms with Crippen LogP contribution in [0.4, 0.5) is 4.79 Å². The molecule has 35 heavy (non-hydrogen) atoms. The average molecular weight is 499 g/mol. The number of carbonyl (C=O) groups is 3. The van der Waals surface area contributed by atoms with Crippen LogP contribution in [-0.4, -0.2) is 52.0 Å². The molecule has 2 fully saturated rings. The quantitative estimate of drug-likeness (QED) is 0.326. The molecule has 1 aliphatic heterocycles. The number of hydrogen-bond donors (Lipinski definition) is 0. The Balaban J connectivity index is 1.61. The number of ether oxygens (including phenoxy) is 2. The van der Waals surface area contributed by atoms with E-state index in [-0.39, 0.29) is 53.6 Å². The van der Waals surface area contributed by atoms with Gasteiger partial charge in [-0.05, 0) is 51.5 Å². The van der Waals surface area contributed by atoms with E-state index in [9.17, 15) is 14.4 Å². The fraction of sp³-hybridized carbons (Fsp3) is 0.556. The third kappa shape index (κ3) is 5.74. The van der Waals surface area contributed by atoms with Gasteiger partial charge in [0.05, 0.1) is 12.6 Å². The minimum atomic E-state index is -0.679. The zero-order valence-corrected chi connectivity index (χ0v) is 21.5. The summed E-state index contributed by atoms with van der Waals surface area (Å²) in [6.45, 7) is 5.88. The molecule has 2 heterocycles. The molecule has 1 aliphatic carbocycles. The number of amides is 1. The highest BCUT2D eigenvalue weighted by Gasteiger charge is 2.52. The molecule has 0 unspecified atom stereocenters. The van der Waals surface area contributed by atoms with Crippen LogP contribution in [0.1, 0.15) is 85.2 Å². The Kier molecular flexibility index (Phi) is 7.89. The van der Waals surface area contributed by atoms with Gasteiger partial charge in [-0.25, -0.2) is 14.6 Å². The molecule has 1 aromatic heterocycles. The number of hydrogen-bond acceptors (Lipinski definition) is 7. The largest absolute Gasteiger partial charge is 0.461 e. The molecule has 0 spiro atoms. The van der Waals surface area contributed by atoms with E-state index in [1.165, 1.54) is 6.42 Å². The second-order valence-electron chi connectivity index (χ2n) is 9.94. The van der Waals surface area contributed by atoms with E-state index in [0.717, 1.165) is 42.6 Å². The maximum absolute atomic E-state index is 13.4. The Morgan fingerprint density at radius 2 is 1.91 bits per heavy atom. The minimum Gasteiger partial charge on any atom is -0.461 e. The molecular formula is C27H34N2O5S. The molecule has 2 atom stereocenters. The minimum absolute atomic E-state index is 0.151. The van der Waals surface area contributed by atoms with Gasteiger partial charge in [0.15, 0.2) is 16.5 Å². The van der Waals surface area contributed by atoms with Crippen molar-refractivity contribution in [2.75, 3.05) is 6.61 Å². The summed E-state index contributed by atoms with van der Waals surface area (Å²) >= 11 is 1.15. The van der Waals surface area contributed by atoms with Crippen LogP contribution < -0.4 is 0 Å². The fourth-order valence-corrected chi connectivity index (χ4v) is 6.08. The van der Waals surface area contributed by atoms with Crippen molar-refractivity contribution in [1.29, 1.82) is 0 Å². The molecule has 1 saturated heterocycles. The Hall–Kier alpha value is -2.74. The van der Waals surface area contributed by atoms with E-state index in [1.807, 2.05) is 36.9 Å². The van der Waals surface area contributed by atoms with Crippen molar-refractivity contribution in [3.63, 3.8) is 0 Å². The summed E-state index contributed by atoms with van der Waals surface area (Å²) in [5.41, 5.74) is 0.598. The maximum atomic E-state index is 13.4. The van der Waals surface area contributed by atoms with Crippen LogP contribution >= 0.6 is 11.3 Å². The molecule has 1 amide bonds. The lowest BCUT2D eigenvalue weighted by atomic mass is 9.80. The molecule has 1 saturated carbocycles. The summed E-state index contributed by atoms with van der Waals surface area (Å²) in [6.07, 6.45) is 5.78. The number of carbonyl (C=O) groups excluding carboxylic acids is 3. The lowest BCUT2D eigenvalue weighted by molar-refractivity contribution is 0.0519. The van der Waals surface area contributed by atoms with Gasteiger partial charge in [-0.2, -0.15) is 0 Å². The zero-order valence-electron chi connectivity index (χ0n) is 20.7. The van der Waals surface area contributed by atoms with Crippen molar-refractivity contribution in [3.05, 3.63) is 52.0 Å². The molecule has 0 bridgehead atoms. The smallest absolute Gasteiger partial charge is 0.411 e. The predicted molar refractivity (Wildman–Crippen MR) is 134 cm³/mol. The molecule has 1 aromatic carbocycles. The first-order chi connectivity index (χ1) is 16.8. The van der Waals surface area contributed by atoms with Crippen LogP contribution in [-0.2, 0) is 15.9 Å². The van der Waals surface area contributed by atoms with Crippen molar-refractivity contribution in [3.8, 4) is 0 Å². The number of Topliss-reactive ketones (excluding diaryl/α,β-unsaturated/α-hetero) is 1. The number of thiazole rings is 1. The van der Waals surface area contributed by atoms with Crippen molar-refractivity contribution in [2.45, 2.75) is 83.4 Å². The van der Waals surface area contributed by atoms with Gasteiger partial charge in [-0.3, -0.25) is 9.69 Å². The van der Waals surface area contributed by atoms with Crippen molar-refractivity contribution < 1.29 is 23.9 Å². The highest BCUT2D eigenvalue weighted by molar-refractivity contribution is 7.11. The van der Waals surface area contributed by atoms with Crippen LogP contribution in [0, 0.1) is 5.92 Å². The summed E-state index contributed by atoms with van der Waals surface area (Å²) in [4.78, 5) is 44.8. The lowest BCUT2D eigenvalue weighted by Crippen LogP contribution is -2.51. The average Bonchev–Trinajstić information content (AvgIpc) is 3.42. The van der Waals surface area contributed by atoms with E-state index in [1.54, 1.807) is 12.3 Å². The van der Waals surface area contributed by atoms with Gasteiger partial charge in [0, 0.05) is 17.8 Å². The van der Waals surface area contributed by atoms with E-state index in [0.29, 0.717) is 6.42 Å². The predicted octanol–water partition coefficient (Wildman–Crippen LogP) is 5.68. The highest BCUT2D eigenvalue weighted by Crippen LogP contribution is 2.40. The van der Waals surface area contributed by atoms with Crippen molar-refractivity contribution in [2.24, 2.45) is 5.92 Å². The Morgan fingerprint density at radius 1 is 1.20 bits per heavy atom. The molecule has 7 nitrogen and oxygen atoms in total. The van der Waals surface area contributed by atoms with Crippen LogP contribution in [0.2, 0.25) is 0 Å². The number of aromatic nitrogens is 1. The SMILES string of the molecule is CCOC(=O)c1csc(C(=O)C[C@H](C2CCCCC2)N2C(=O)OC(C)(C)[C@@H]2Cc2ccccc2)n1. The summed E-state index contributed by atoms with van der Waals surface area (Å²) in [5, 5.41) is 1.84. The standard InChI is InChI=1S/C27H34N2O5S/c1-4-33-25(31)20-17-35-24(28-20)22(30)16-21(19-13-9-6-10-14-19)29-23(27(2,3)34-26(29)32)15-18-11-7-5-8-12-18/h5,7-8,11-12,17,19,21,23H,4,6,9-10,13-16H2,1-3H3/t21-,23+/m1/s1. The van der Waals surface area contributed by atoms with E-state index < -0.39 is 11.6 Å². The van der Waals surface area contributed by atoms with Crippen LogP contribution in [0.25, 0.3) is 0 Å². The van der Waals surface area contributed by atoms with Crippen molar-refractivity contribution in [1.82, 2.24) is 9.88 Å². The number of benzene rings is 1. The number of rotatable bonds is 9. The molecule has 0 N–H and O–H groups in total. The Morgan fingerprint density at radius 3 is 2.60 bits per heavy atom. The normalized spacial score (nSPS) is 20.9. The van der Waals surface area contributed by atoms with E-state index in [4.69, 9.17) is 9.47 Å². The first kappa shape index (κ1) is 25.4. The molecule has 2 aromatic rings. The first-order valence-corrected chi connectivity index (χ1v) is 13.4. The number of cyclic esters (lactones) is 1. The molecule has 8 heteroatoms. The van der Waals surface area contributed by atoms with Gasteiger partial charge in [0.2, 0.25) is 0 Å². The topological polar surface area (TPSA) is 85.8 Å². The second-order valence-corrected chi connectivity index (χ2v) is 10.8. The number of ketones is 1. The summed E-state index contributed by atoms with van der Waals surface area (Å²) in [5.74, 6) is -0.464. The molecular weight excluding hydrogens is 464 g/mol. The summed E-state index contributed by atoms with van der Waals surface area (Å²) in [6, 6.07) is 9.62. The molecule has 0 radical (unpaired) electrons. The van der Waals surface area contributed by atoms with Gasteiger partial charge in [-0.1, -0.05) is 49.6 Å². The lowest BCUT2D eigenvalue weighted by Gasteiger charge is -2.39. The second kappa shape index (κ2) is 10.9.